The second kappa shape index (κ2) is 6.37. The Morgan fingerprint density at radius 3 is 2.85 bits per heavy atom. The van der Waals surface area contributed by atoms with E-state index in [1.165, 1.54) is 11.8 Å². The number of halogens is 1. The molecular weight excluding hydrogens is 318 g/mol. The van der Waals surface area contributed by atoms with Crippen LogP contribution in [0.25, 0.3) is 0 Å². The molecule has 0 aliphatic carbocycles. The van der Waals surface area contributed by atoms with Crippen molar-refractivity contribution in [3.05, 3.63) is 28.8 Å². The van der Waals surface area contributed by atoms with Crippen LogP contribution < -0.4 is 5.32 Å². The van der Waals surface area contributed by atoms with Crippen molar-refractivity contribution in [3.8, 4) is 0 Å². The maximum absolute atomic E-state index is 11.8. The highest BCUT2D eigenvalue weighted by Crippen LogP contribution is 2.25. The van der Waals surface area contributed by atoms with Gasteiger partial charge in [-0.15, -0.1) is 11.8 Å². The van der Waals surface area contributed by atoms with E-state index in [-0.39, 0.29) is 28.4 Å². The molecule has 1 heterocycles. The van der Waals surface area contributed by atoms with E-state index in [0.29, 0.717) is 17.1 Å². The van der Waals surface area contributed by atoms with Gasteiger partial charge in [0.15, 0.2) is 9.84 Å². The number of hydrogen-bond acceptors (Lipinski definition) is 4. The summed E-state index contributed by atoms with van der Waals surface area (Å²) < 4.78 is 22.6. The number of carbonyl (C=O) groups is 1. The predicted molar refractivity (Wildman–Crippen MR) is 84.3 cm³/mol. The molecule has 1 aliphatic heterocycles. The van der Waals surface area contributed by atoms with Gasteiger partial charge < -0.3 is 5.32 Å². The predicted octanol–water partition coefficient (Wildman–Crippen LogP) is 2.51. The number of sulfone groups is 1. The normalized spacial score (nSPS) is 20.8. The molecule has 1 atom stereocenters. The first-order chi connectivity index (χ1) is 9.35. The summed E-state index contributed by atoms with van der Waals surface area (Å²) in [6, 6.07) is 5.35. The van der Waals surface area contributed by atoms with Gasteiger partial charge in [-0.1, -0.05) is 17.7 Å². The van der Waals surface area contributed by atoms with Crippen molar-refractivity contribution in [2.45, 2.75) is 18.6 Å². The van der Waals surface area contributed by atoms with Crippen LogP contribution in [0.5, 0.6) is 0 Å². The van der Waals surface area contributed by atoms with Crippen LogP contribution in [-0.2, 0) is 14.6 Å². The summed E-state index contributed by atoms with van der Waals surface area (Å²) >= 11 is 7.38. The SMILES string of the molecule is Cc1ccc(NC(=O)CS[C@@H]2CCS(=O)(=O)C2)cc1Cl. The fourth-order valence-corrected chi connectivity index (χ4v) is 5.58. The number of thioether (sulfide) groups is 1. The van der Waals surface area contributed by atoms with Crippen molar-refractivity contribution in [2.24, 2.45) is 0 Å². The number of amides is 1. The Bertz CT molecular complexity index is 616. The summed E-state index contributed by atoms with van der Waals surface area (Å²) in [5.41, 5.74) is 1.61. The Balaban J connectivity index is 1.82. The Kier molecular flexibility index (Phi) is 4.99. The van der Waals surface area contributed by atoms with Crippen LogP contribution in [0, 0.1) is 6.92 Å². The first-order valence-electron chi connectivity index (χ1n) is 6.24. The van der Waals surface area contributed by atoms with Crippen LogP contribution in [0.4, 0.5) is 5.69 Å². The van der Waals surface area contributed by atoms with Gasteiger partial charge >= 0.3 is 0 Å². The molecule has 0 bridgehead atoms. The van der Waals surface area contributed by atoms with Crippen LogP contribution >= 0.6 is 23.4 Å². The molecule has 1 amide bonds. The van der Waals surface area contributed by atoms with Gasteiger partial charge in [-0.2, -0.15) is 0 Å². The molecule has 0 saturated carbocycles. The molecular formula is C13H16ClNO3S2. The van der Waals surface area contributed by atoms with E-state index in [0.717, 1.165) is 5.56 Å². The molecule has 1 saturated heterocycles. The Hall–Kier alpha value is -0.720. The Morgan fingerprint density at radius 2 is 2.25 bits per heavy atom. The Morgan fingerprint density at radius 1 is 1.50 bits per heavy atom. The molecule has 4 nitrogen and oxygen atoms in total. The topological polar surface area (TPSA) is 63.2 Å². The van der Waals surface area contributed by atoms with Crippen molar-refractivity contribution in [1.82, 2.24) is 0 Å². The highest BCUT2D eigenvalue weighted by atomic mass is 35.5. The lowest BCUT2D eigenvalue weighted by atomic mass is 10.2. The minimum absolute atomic E-state index is 0.0346. The molecule has 7 heteroatoms. The van der Waals surface area contributed by atoms with Gasteiger partial charge in [0.1, 0.15) is 0 Å². The van der Waals surface area contributed by atoms with Crippen LogP contribution in [0.3, 0.4) is 0 Å². The fourth-order valence-electron chi connectivity index (χ4n) is 1.95. The molecule has 0 spiro atoms. The summed E-state index contributed by atoms with van der Waals surface area (Å²) in [5.74, 6) is 0.534. The zero-order chi connectivity index (χ0) is 14.8. The molecule has 1 fully saturated rings. The first-order valence-corrected chi connectivity index (χ1v) is 9.48. The lowest BCUT2D eigenvalue weighted by Gasteiger charge is -2.09. The zero-order valence-corrected chi connectivity index (χ0v) is 13.4. The Labute approximate surface area is 128 Å². The van der Waals surface area contributed by atoms with E-state index in [9.17, 15) is 13.2 Å². The molecule has 0 radical (unpaired) electrons. The average molecular weight is 334 g/mol. The zero-order valence-electron chi connectivity index (χ0n) is 11.1. The van der Waals surface area contributed by atoms with Crippen molar-refractivity contribution >= 4 is 44.8 Å². The van der Waals surface area contributed by atoms with E-state index in [4.69, 9.17) is 11.6 Å². The monoisotopic (exact) mass is 333 g/mol. The van der Waals surface area contributed by atoms with E-state index in [1.807, 2.05) is 13.0 Å². The smallest absolute Gasteiger partial charge is 0.234 e. The molecule has 0 unspecified atom stereocenters. The third-order valence-electron chi connectivity index (χ3n) is 3.10. The van der Waals surface area contributed by atoms with Crippen molar-refractivity contribution < 1.29 is 13.2 Å². The second-order valence-electron chi connectivity index (χ2n) is 4.85. The number of hydrogen-bond donors (Lipinski definition) is 1. The fraction of sp³-hybridized carbons (Fsp3) is 0.462. The molecule has 20 heavy (non-hydrogen) atoms. The van der Waals surface area contributed by atoms with Gasteiger partial charge in [0.25, 0.3) is 0 Å². The summed E-state index contributed by atoms with van der Waals surface area (Å²) in [4.78, 5) is 11.8. The first kappa shape index (κ1) is 15.7. The summed E-state index contributed by atoms with van der Waals surface area (Å²) in [5, 5.41) is 3.40. The largest absolute Gasteiger partial charge is 0.325 e. The molecule has 1 aromatic rings. The van der Waals surface area contributed by atoms with Crippen molar-refractivity contribution in [2.75, 3.05) is 22.6 Å². The minimum Gasteiger partial charge on any atom is -0.325 e. The third-order valence-corrected chi connectivity index (χ3v) is 6.79. The number of anilines is 1. The van der Waals surface area contributed by atoms with E-state index in [1.54, 1.807) is 12.1 Å². The molecule has 1 aliphatic rings. The number of nitrogens with one attached hydrogen (secondary N) is 1. The third kappa shape index (κ3) is 4.40. The lowest BCUT2D eigenvalue weighted by Crippen LogP contribution is -2.17. The highest BCUT2D eigenvalue weighted by molar-refractivity contribution is 8.02. The number of aryl methyl sites for hydroxylation is 1. The second-order valence-corrected chi connectivity index (χ2v) is 8.77. The number of benzene rings is 1. The minimum atomic E-state index is -2.88. The standard InChI is InChI=1S/C13H16ClNO3S2/c1-9-2-3-10(6-12(9)14)15-13(16)7-19-11-4-5-20(17,18)8-11/h2-3,6,11H,4-5,7-8H2,1H3,(H,15,16)/t11-/m1/s1. The van der Waals surface area contributed by atoms with Gasteiger partial charge in [-0.3, -0.25) is 4.79 Å². The summed E-state index contributed by atoms with van der Waals surface area (Å²) in [6.45, 7) is 1.89. The van der Waals surface area contributed by atoms with Gasteiger partial charge in [0, 0.05) is 16.0 Å². The molecule has 1 N–H and O–H groups in total. The molecule has 1 aromatic carbocycles. The number of carbonyl (C=O) groups excluding carboxylic acids is 1. The average Bonchev–Trinajstić information content (AvgIpc) is 2.71. The van der Waals surface area contributed by atoms with Crippen LogP contribution in [0.2, 0.25) is 5.02 Å². The van der Waals surface area contributed by atoms with Gasteiger partial charge in [-0.25, -0.2) is 8.42 Å². The van der Waals surface area contributed by atoms with Gasteiger partial charge in [0.05, 0.1) is 17.3 Å². The highest BCUT2D eigenvalue weighted by Gasteiger charge is 2.28. The van der Waals surface area contributed by atoms with Gasteiger partial charge in [-0.05, 0) is 31.0 Å². The van der Waals surface area contributed by atoms with Gasteiger partial charge in [0.2, 0.25) is 5.91 Å². The summed E-state index contributed by atoms with van der Waals surface area (Å²) in [7, 11) is -2.88. The van der Waals surface area contributed by atoms with Crippen LogP contribution in [0.1, 0.15) is 12.0 Å². The maximum atomic E-state index is 11.8. The quantitative estimate of drug-likeness (QED) is 0.919. The van der Waals surface area contributed by atoms with E-state index in [2.05, 4.69) is 5.32 Å². The van der Waals surface area contributed by atoms with Crippen molar-refractivity contribution in [1.29, 1.82) is 0 Å². The van der Waals surface area contributed by atoms with E-state index >= 15 is 0 Å². The lowest BCUT2D eigenvalue weighted by molar-refractivity contribution is -0.113. The molecule has 0 aromatic heterocycles. The van der Waals surface area contributed by atoms with E-state index < -0.39 is 9.84 Å². The van der Waals surface area contributed by atoms with Crippen LogP contribution in [0.15, 0.2) is 18.2 Å². The van der Waals surface area contributed by atoms with Crippen LogP contribution in [-0.4, -0.2) is 36.8 Å². The molecule has 110 valence electrons. The summed E-state index contributed by atoms with van der Waals surface area (Å²) in [6.07, 6.45) is 0.636. The number of rotatable bonds is 4. The molecule has 2 rings (SSSR count). The van der Waals surface area contributed by atoms with Crippen molar-refractivity contribution in [3.63, 3.8) is 0 Å². The maximum Gasteiger partial charge on any atom is 0.234 e.